The van der Waals surface area contributed by atoms with Crippen LogP contribution < -0.4 is 0 Å². The molecule has 0 heterocycles. The molecule has 0 rings (SSSR count). The van der Waals surface area contributed by atoms with E-state index in [-0.39, 0.29) is 30.3 Å². The maximum atomic E-state index is 2.32. The molecule has 0 saturated heterocycles. The van der Waals surface area contributed by atoms with Crippen molar-refractivity contribution in [2.45, 2.75) is 59.3 Å². The molecule has 0 fully saturated rings. The molecule has 0 saturated carbocycles. The van der Waals surface area contributed by atoms with E-state index in [1.54, 1.807) is 18.5 Å². The van der Waals surface area contributed by atoms with Gasteiger partial charge in [-0.15, -0.1) is 0 Å². The molecule has 0 unspecified atom stereocenters. The summed E-state index contributed by atoms with van der Waals surface area (Å²) >= 11 is 0. The van der Waals surface area contributed by atoms with Crippen LogP contribution in [0.15, 0.2) is 0 Å². The minimum absolute atomic E-state index is 0. The van der Waals surface area contributed by atoms with E-state index >= 15 is 0 Å². The molecule has 0 aromatic carbocycles. The van der Waals surface area contributed by atoms with Crippen molar-refractivity contribution in [3.05, 3.63) is 0 Å². The second-order valence-corrected chi connectivity index (χ2v) is 7.06. The van der Waals surface area contributed by atoms with Crippen LogP contribution in [0.3, 0.4) is 0 Å². The van der Waals surface area contributed by atoms with Crippen LogP contribution >= 0.6 is 7.92 Å². The molecule has 0 nitrogen and oxygen atoms in total. The summed E-state index contributed by atoms with van der Waals surface area (Å²) in [5.41, 5.74) is 0. The minimum Gasteiger partial charge on any atom is -0.0652 e. The molecule has 0 spiro atoms. The van der Waals surface area contributed by atoms with Gasteiger partial charge in [-0.1, -0.05) is 40.0 Å². The first-order valence-corrected chi connectivity index (χ1v) is 8.30. The zero-order chi connectivity index (χ0) is 9.94. The molecule has 1 radical (unpaired) electrons. The van der Waals surface area contributed by atoms with Gasteiger partial charge < -0.3 is 0 Å². The van der Waals surface area contributed by atoms with E-state index in [1.807, 2.05) is 0 Å². The van der Waals surface area contributed by atoms with Gasteiger partial charge in [0, 0.05) is 30.3 Å². The molecular weight excluding hydrogens is 283 g/mol. The van der Waals surface area contributed by atoms with Crippen LogP contribution in [-0.4, -0.2) is 18.5 Å². The number of rotatable bonds is 9. The topological polar surface area (TPSA) is 0 Å². The van der Waals surface area contributed by atoms with E-state index in [4.69, 9.17) is 0 Å². The van der Waals surface area contributed by atoms with E-state index in [1.165, 1.54) is 38.5 Å². The first kappa shape index (κ1) is 17.6. The Kier molecular flexibility index (Phi) is 17.8. The molecule has 0 amide bonds. The second-order valence-electron chi connectivity index (χ2n) is 4.06. The van der Waals surface area contributed by atoms with Crippen LogP contribution in [0, 0.1) is 0 Å². The Bertz CT molecular complexity index is 77.3. The van der Waals surface area contributed by atoms with Gasteiger partial charge in [0.05, 0.1) is 18.5 Å². The molecule has 0 atom stereocenters. The Balaban J connectivity index is 0. The molecule has 0 aromatic rings. The van der Waals surface area contributed by atoms with Crippen LogP contribution in [-0.2, 0) is 22.4 Å². The van der Waals surface area contributed by atoms with E-state index < -0.39 is 0 Å². The Morgan fingerprint density at radius 3 is 1.14 bits per heavy atom. The average Bonchev–Trinajstić information content (AvgIpc) is 2.17. The smallest absolute Gasteiger partial charge is 0.0571 e. The van der Waals surface area contributed by atoms with Crippen molar-refractivity contribution >= 4 is 7.92 Å². The third kappa shape index (κ3) is 11.2. The van der Waals surface area contributed by atoms with Gasteiger partial charge >= 0.3 is 0 Å². The Morgan fingerprint density at radius 2 is 0.929 bits per heavy atom. The van der Waals surface area contributed by atoms with E-state index in [9.17, 15) is 0 Å². The molecule has 0 bridgehead atoms. The first-order valence-electron chi connectivity index (χ1n) is 6.18. The zero-order valence-electron chi connectivity index (χ0n) is 10.2. The van der Waals surface area contributed by atoms with Crippen molar-refractivity contribution < 1.29 is 22.4 Å². The molecule has 14 heavy (non-hydrogen) atoms. The van der Waals surface area contributed by atoms with Crippen molar-refractivity contribution in [2.75, 3.05) is 18.5 Å². The standard InChI is InChI=1S/C12H27P.Ag/c1-4-7-10-13(11-8-5-2)12-9-6-3;/h4-12H2,1-3H3;/p+1. The van der Waals surface area contributed by atoms with E-state index in [0.717, 1.165) is 0 Å². The second kappa shape index (κ2) is 14.2. The van der Waals surface area contributed by atoms with E-state index in [0.29, 0.717) is 0 Å². The molecule has 0 N–H and O–H groups in total. The molecule has 0 aliphatic heterocycles. The number of hydrogen-bond acceptors (Lipinski definition) is 0. The maximum absolute atomic E-state index is 2.32. The molecule has 0 aliphatic rings. The summed E-state index contributed by atoms with van der Waals surface area (Å²) in [7, 11) is 0.0675. The van der Waals surface area contributed by atoms with Crippen molar-refractivity contribution in [2.24, 2.45) is 0 Å². The third-order valence-electron chi connectivity index (χ3n) is 2.65. The van der Waals surface area contributed by atoms with Gasteiger partial charge in [0.1, 0.15) is 0 Å². The summed E-state index contributed by atoms with van der Waals surface area (Å²) < 4.78 is 0. The van der Waals surface area contributed by atoms with Gasteiger partial charge in [-0.2, -0.15) is 0 Å². The third-order valence-corrected chi connectivity index (χ3v) is 5.83. The van der Waals surface area contributed by atoms with Gasteiger partial charge in [0.2, 0.25) is 0 Å². The number of hydrogen-bond donors (Lipinski definition) is 0. The van der Waals surface area contributed by atoms with Crippen LogP contribution in [0.4, 0.5) is 0 Å². The van der Waals surface area contributed by atoms with Crippen molar-refractivity contribution in [1.82, 2.24) is 0 Å². The predicted molar refractivity (Wildman–Crippen MR) is 67.6 cm³/mol. The average molecular weight is 311 g/mol. The molecule has 2 heteroatoms. The van der Waals surface area contributed by atoms with Gasteiger partial charge in [-0.05, 0) is 19.3 Å². The SMILES string of the molecule is CCCC[PH+](CCCC)CCCC.[Ag]. The predicted octanol–water partition coefficient (Wildman–Crippen LogP) is 4.60. The first-order chi connectivity index (χ1) is 6.35. The van der Waals surface area contributed by atoms with Crippen LogP contribution in [0.5, 0.6) is 0 Å². The molecule has 91 valence electrons. The summed E-state index contributed by atoms with van der Waals surface area (Å²) in [4.78, 5) is 0. The molecule has 0 aromatic heterocycles. The summed E-state index contributed by atoms with van der Waals surface area (Å²) in [6.07, 6.45) is 13.4. The summed E-state index contributed by atoms with van der Waals surface area (Å²) in [5.74, 6) is 0. The normalized spacial score (nSPS) is 10.3. The van der Waals surface area contributed by atoms with E-state index in [2.05, 4.69) is 20.8 Å². The van der Waals surface area contributed by atoms with Crippen molar-refractivity contribution in [3.63, 3.8) is 0 Å². The molecular formula is C12H28AgP+. The Morgan fingerprint density at radius 1 is 0.643 bits per heavy atom. The van der Waals surface area contributed by atoms with Gasteiger partial charge in [-0.25, -0.2) is 0 Å². The van der Waals surface area contributed by atoms with Gasteiger partial charge in [0.15, 0.2) is 0 Å². The zero-order valence-corrected chi connectivity index (χ0v) is 12.6. The fourth-order valence-electron chi connectivity index (χ4n) is 1.66. The maximum Gasteiger partial charge on any atom is 0.0571 e. The van der Waals surface area contributed by atoms with Crippen LogP contribution in [0.2, 0.25) is 0 Å². The quantitative estimate of drug-likeness (QED) is 0.431. The summed E-state index contributed by atoms with van der Waals surface area (Å²) in [6, 6.07) is 0. The fourth-order valence-corrected chi connectivity index (χ4v) is 4.97. The minimum atomic E-state index is 0. The molecule has 0 aliphatic carbocycles. The van der Waals surface area contributed by atoms with Crippen molar-refractivity contribution in [3.8, 4) is 0 Å². The van der Waals surface area contributed by atoms with Crippen LogP contribution in [0.1, 0.15) is 59.3 Å². The van der Waals surface area contributed by atoms with Gasteiger partial charge in [-0.3, -0.25) is 0 Å². The van der Waals surface area contributed by atoms with Crippen LogP contribution in [0.25, 0.3) is 0 Å². The Hall–Kier alpha value is 1.17. The summed E-state index contributed by atoms with van der Waals surface area (Å²) in [5, 5.41) is 0. The monoisotopic (exact) mass is 310 g/mol. The number of unbranched alkanes of at least 4 members (excludes halogenated alkanes) is 3. The van der Waals surface area contributed by atoms with Crippen molar-refractivity contribution in [1.29, 1.82) is 0 Å². The largest absolute Gasteiger partial charge is 0.0652 e. The summed E-state index contributed by atoms with van der Waals surface area (Å²) in [6.45, 7) is 6.96. The fraction of sp³-hybridized carbons (Fsp3) is 1.00. The Labute approximate surface area is 108 Å². The van der Waals surface area contributed by atoms with Gasteiger partial charge in [0.25, 0.3) is 0 Å².